The molecule has 0 unspecified atom stereocenters. The Bertz CT molecular complexity index is 1350. The predicted molar refractivity (Wildman–Crippen MR) is 133 cm³/mol. The molecule has 0 aliphatic rings. The second-order valence-corrected chi connectivity index (χ2v) is 8.02. The summed E-state index contributed by atoms with van der Waals surface area (Å²) >= 11 is 0. The van der Waals surface area contributed by atoms with E-state index in [1.165, 1.54) is 11.8 Å². The Morgan fingerprint density at radius 1 is 0.941 bits per heavy atom. The van der Waals surface area contributed by atoms with Crippen molar-refractivity contribution in [3.8, 4) is 0 Å². The number of carbonyl (C=O) groups excluding carboxylic acids is 3. The zero-order chi connectivity index (χ0) is 23.9. The van der Waals surface area contributed by atoms with Crippen LogP contribution in [0.4, 0.5) is 0 Å². The highest BCUT2D eigenvalue weighted by Gasteiger charge is 2.18. The van der Waals surface area contributed by atoms with Gasteiger partial charge in [-0.1, -0.05) is 36.4 Å². The summed E-state index contributed by atoms with van der Waals surface area (Å²) in [5.41, 5.74) is 4.05. The van der Waals surface area contributed by atoms with E-state index in [-0.39, 0.29) is 30.8 Å². The van der Waals surface area contributed by atoms with Crippen molar-refractivity contribution >= 4 is 45.6 Å². The lowest BCUT2D eigenvalue weighted by Crippen LogP contribution is -2.45. The van der Waals surface area contributed by atoms with Crippen molar-refractivity contribution in [2.24, 2.45) is 0 Å². The van der Waals surface area contributed by atoms with Gasteiger partial charge in [0.05, 0.1) is 13.1 Å². The lowest BCUT2D eigenvalue weighted by molar-refractivity contribution is -0.136. The number of hydrogen-bond donors (Lipinski definition) is 4. The van der Waals surface area contributed by atoms with Gasteiger partial charge >= 0.3 is 0 Å². The van der Waals surface area contributed by atoms with Crippen LogP contribution in [0.5, 0.6) is 0 Å². The monoisotopic (exact) mass is 457 g/mol. The van der Waals surface area contributed by atoms with Gasteiger partial charge in [0, 0.05) is 59.4 Å². The number of aromatic nitrogens is 2. The molecular weight excluding hydrogens is 430 g/mol. The molecule has 2 heterocycles. The van der Waals surface area contributed by atoms with Crippen molar-refractivity contribution in [3.05, 3.63) is 78.3 Å². The van der Waals surface area contributed by atoms with Gasteiger partial charge in [-0.25, -0.2) is 0 Å². The molecule has 0 atom stereocenters. The molecule has 8 heteroatoms. The summed E-state index contributed by atoms with van der Waals surface area (Å²) in [7, 11) is 0. The fourth-order valence-corrected chi connectivity index (χ4v) is 3.87. The molecule has 0 radical (unpaired) electrons. The summed E-state index contributed by atoms with van der Waals surface area (Å²) in [5.74, 6) is -0.923. The Kier molecular flexibility index (Phi) is 7.07. The minimum absolute atomic E-state index is 0.112. The van der Waals surface area contributed by atoms with Crippen LogP contribution in [-0.4, -0.2) is 52.2 Å². The quantitative estimate of drug-likeness (QED) is 0.310. The van der Waals surface area contributed by atoms with E-state index in [4.69, 9.17) is 0 Å². The van der Waals surface area contributed by atoms with Crippen LogP contribution in [-0.2, 0) is 20.8 Å². The average molecular weight is 458 g/mol. The van der Waals surface area contributed by atoms with Crippen molar-refractivity contribution in [2.75, 3.05) is 19.6 Å². The molecule has 0 fully saturated rings. The molecule has 0 saturated carbocycles. The number of nitrogens with one attached hydrogen (secondary N) is 4. The van der Waals surface area contributed by atoms with Crippen LogP contribution in [0.3, 0.4) is 0 Å². The summed E-state index contributed by atoms with van der Waals surface area (Å²) in [5, 5.41) is 7.39. The summed E-state index contributed by atoms with van der Waals surface area (Å²) in [6.07, 6.45) is 7.76. The molecule has 0 spiro atoms. The van der Waals surface area contributed by atoms with Crippen LogP contribution in [0.1, 0.15) is 18.1 Å². The van der Waals surface area contributed by atoms with Crippen LogP contribution in [0.15, 0.2) is 67.1 Å². The van der Waals surface area contributed by atoms with Crippen molar-refractivity contribution in [2.45, 2.75) is 13.3 Å². The van der Waals surface area contributed by atoms with Crippen molar-refractivity contribution < 1.29 is 14.4 Å². The number of H-pyrrole nitrogens is 2. The second kappa shape index (κ2) is 10.5. The normalized spacial score (nSPS) is 11.2. The molecule has 4 N–H and O–H groups in total. The van der Waals surface area contributed by atoms with E-state index < -0.39 is 0 Å². The molecule has 3 amide bonds. The predicted octanol–water partition coefficient (Wildman–Crippen LogP) is 2.94. The number of fused-ring (bicyclic) bond motifs is 2. The molecule has 2 aromatic heterocycles. The molecular formula is C26H27N5O3. The molecule has 4 aromatic rings. The Hall–Kier alpha value is -4.33. The maximum absolute atomic E-state index is 12.7. The number of nitrogens with zero attached hydrogens (tertiary/aromatic N) is 1. The number of amides is 3. The third kappa shape index (κ3) is 5.53. The van der Waals surface area contributed by atoms with Crippen LogP contribution < -0.4 is 10.6 Å². The zero-order valence-corrected chi connectivity index (χ0v) is 18.9. The molecule has 0 bridgehead atoms. The van der Waals surface area contributed by atoms with Crippen molar-refractivity contribution in [1.82, 2.24) is 25.5 Å². The summed E-state index contributed by atoms with van der Waals surface area (Å²) in [4.78, 5) is 44.4. The van der Waals surface area contributed by atoms with Gasteiger partial charge in [-0.2, -0.15) is 0 Å². The standard InChI is InChI=1S/C26H27N5O3/c1-18(32)28-16-26(34)31(13-11-20-15-30-24-9-5-3-7-22(20)24)17-25(33)27-12-10-19-14-29-23-8-4-2-6-21(19)23/h2-10,12,14-15,29-30H,11,13,16-17H2,1H3,(H,27,33)(H,28,32). The molecule has 34 heavy (non-hydrogen) atoms. The van der Waals surface area contributed by atoms with Crippen molar-refractivity contribution in [1.29, 1.82) is 0 Å². The molecule has 4 rings (SSSR count). The average Bonchev–Trinajstić information content (AvgIpc) is 3.44. The van der Waals surface area contributed by atoms with E-state index in [1.54, 1.807) is 6.20 Å². The van der Waals surface area contributed by atoms with Crippen LogP contribution in [0, 0.1) is 0 Å². The number of aromatic amines is 2. The number of benzene rings is 2. The van der Waals surface area contributed by atoms with Gasteiger partial charge in [-0.05, 0) is 30.2 Å². The molecule has 174 valence electrons. The SMILES string of the molecule is CC(=O)NCC(=O)N(CCc1c[nH]c2ccccc12)CC(=O)NC=Cc1c[nH]c2ccccc12. The van der Waals surface area contributed by atoms with E-state index in [1.807, 2.05) is 67.0 Å². The lowest BCUT2D eigenvalue weighted by atomic mass is 10.1. The van der Waals surface area contributed by atoms with Crippen LogP contribution >= 0.6 is 0 Å². The van der Waals surface area contributed by atoms with E-state index in [2.05, 4.69) is 20.6 Å². The summed E-state index contributed by atoms with van der Waals surface area (Å²) in [6, 6.07) is 15.8. The number of hydrogen-bond acceptors (Lipinski definition) is 3. The highest BCUT2D eigenvalue weighted by atomic mass is 16.2. The van der Waals surface area contributed by atoms with Gasteiger partial charge < -0.3 is 25.5 Å². The van der Waals surface area contributed by atoms with Gasteiger partial charge in [0.1, 0.15) is 0 Å². The Labute approximate surface area is 197 Å². The largest absolute Gasteiger partial charge is 0.361 e. The number of rotatable bonds is 9. The number of para-hydroxylation sites is 2. The first-order chi connectivity index (χ1) is 16.5. The van der Waals surface area contributed by atoms with Crippen LogP contribution in [0.2, 0.25) is 0 Å². The van der Waals surface area contributed by atoms with E-state index in [0.717, 1.165) is 32.9 Å². The maximum Gasteiger partial charge on any atom is 0.243 e. The summed E-state index contributed by atoms with van der Waals surface area (Å²) in [6.45, 7) is 1.44. The summed E-state index contributed by atoms with van der Waals surface area (Å²) < 4.78 is 0. The molecule has 0 saturated heterocycles. The first kappa shape index (κ1) is 22.8. The minimum atomic E-state index is -0.314. The van der Waals surface area contributed by atoms with Gasteiger partial charge in [0.2, 0.25) is 17.7 Å². The minimum Gasteiger partial charge on any atom is -0.361 e. The van der Waals surface area contributed by atoms with E-state index >= 15 is 0 Å². The molecule has 8 nitrogen and oxygen atoms in total. The van der Waals surface area contributed by atoms with Gasteiger partial charge in [-0.15, -0.1) is 0 Å². The second-order valence-electron chi connectivity index (χ2n) is 8.02. The van der Waals surface area contributed by atoms with E-state index in [0.29, 0.717) is 13.0 Å². The van der Waals surface area contributed by atoms with Gasteiger partial charge in [0.25, 0.3) is 0 Å². The fraction of sp³-hybridized carbons (Fsp3) is 0.192. The van der Waals surface area contributed by atoms with Crippen LogP contribution in [0.25, 0.3) is 27.9 Å². The Balaban J connectivity index is 1.40. The highest BCUT2D eigenvalue weighted by molar-refractivity contribution is 5.90. The zero-order valence-electron chi connectivity index (χ0n) is 18.9. The topological polar surface area (TPSA) is 110 Å². The Morgan fingerprint density at radius 2 is 1.62 bits per heavy atom. The smallest absolute Gasteiger partial charge is 0.243 e. The first-order valence-corrected chi connectivity index (χ1v) is 11.1. The van der Waals surface area contributed by atoms with Gasteiger partial charge in [0.15, 0.2) is 0 Å². The molecule has 0 aliphatic heterocycles. The highest BCUT2D eigenvalue weighted by Crippen LogP contribution is 2.19. The third-order valence-corrected chi connectivity index (χ3v) is 5.63. The van der Waals surface area contributed by atoms with Gasteiger partial charge in [-0.3, -0.25) is 14.4 Å². The lowest BCUT2D eigenvalue weighted by Gasteiger charge is -2.22. The molecule has 0 aliphatic carbocycles. The fourth-order valence-electron chi connectivity index (χ4n) is 3.87. The maximum atomic E-state index is 12.7. The first-order valence-electron chi connectivity index (χ1n) is 11.1. The third-order valence-electron chi connectivity index (χ3n) is 5.63. The number of carbonyl (C=O) groups is 3. The van der Waals surface area contributed by atoms with E-state index in [9.17, 15) is 14.4 Å². The molecule has 2 aromatic carbocycles. The van der Waals surface area contributed by atoms with Crippen molar-refractivity contribution in [3.63, 3.8) is 0 Å². The Morgan fingerprint density at radius 3 is 2.38 bits per heavy atom.